The molecular formula is C22H26ClN3O4S. The largest absolute Gasteiger partial charge is 0.337 e. The van der Waals surface area contributed by atoms with Crippen molar-refractivity contribution in [3.8, 4) is 0 Å². The lowest BCUT2D eigenvalue weighted by Crippen LogP contribution is -2.35. The lowest BCUT2D eigenvalue weighted by atomic mass is 10.2. The van der Waals surface area contributed by atoms with Crippen LogP contribution in [0.3, 0.4) is 0 Å². The van der Waals surface area contributed by atoms with Crippen molar-refractivity contribution in [1.29, 1.82) is 0 Å². The fourth-order valence-corrected chi connectivity index (χ4v) is 4.53. The van der Waals surface area contributed by atoms with Crippen LogP contribution in [-0.2, 0) is 21.2 Å². The molecule has 2 aromatic carbocycles. The number of hydrogen-bond acceptors (Lipinski definition) is 5. The molecule has 0 spiro atoms. The maximum absolute atomic E-state index is 13.0. The molecule has 1 saturated heterocycles. The SMILES string of the molecule is CC(=O)Nc1ccc(CN2CCCN(C(=O)c3ccc(S(C)(=O)=O)cc3Cl)CC2)cc1. The number of carbonyl (C=O) groups excluding carboxylic acids is 2. The van der Waals surface area contributed by atoms with E-state index in [-0.39, 0.29) is 21.7 Å². The van der Waals surface area contributed by atoms with Gasteiger partial charge in [0, 0.05) is 51.6 Å². The third kappa shape index (κ3) is 6.29. The highest BCUT2D eigenvalue weighted by atomic mass is 35.5. The van der Waals surface area contributed by atoms with Gasteiger partial charge in [0.15, 0.2) is 9.84 Å². The molecule has 9 heteroatoms. The van der Waals surface area contributed by atoms with Gasteiger partial charge in [-0.15, -0.1) is 0 Å². The van der Waals surface area contributed by atoms with Gasteiger partial charge >= 0.3 is 0 Å². The van der Waals surface area contributed by atoms with Crippen LogP contribution < -0.4 is 5.32 Å². The minimum Gasteiger partial charge on any atom is -0.337 e. The summed E-state index contributed by atoms with van der Waals surface area (Å²) in [4.78, 5) is 28.2. The van der Waals surface area contributed by atoms with Gasteiger partial charge < -0.3 is 10.2 Å². The van der Waals surface area contributed by atoms with Gasteiger partial charge in [-0.05, 0) is 42.3 Å². The normalized spacial score (nSPS) is 15.4. The summed E-state index contributed by atoms with van der Waals surface area (Å²) < 4.78 is 23.4. The van der Waals surface area contributed by atoms with Gasteiger partial charge in [0.1, 0.15) is 0 Å². The number of nitrogens with one attached hydrogen (secondary N) is 1. The van der Waals surface area contributed by atoms with Gasteiger partial charge in [0.05, 0.1) is 15.5 Å². The van der Waals surface area contributed by atoms with Crippen LogP contribution in [0.2, 0.25) is 5.02 Å². The zero-order chi connectivity index (χ0) is 22.6. The standard InChI is InChI=1S/C22H26ClN3O4S/c1-16(27)24-18-6-4-17(5-7-18)15-25-10-3-11-26(13-12-25)22(28)20-9-8-19(14-21(20)23)31(2,29)30/h4-9,14H,3,10-13,15H2,1-2H3,(H,24,27). The Morgan fingerprint density at radius 1 is 1.03 bits per heavy atom. The van der Waals surface area contributed by atoms with Gasteiger partial charge in [-0.1, -0.05) is 23.7 Å². The van der Waals surface area contributed by atoms with Crippen LogP contribution in [0.4, 0.5) is 5.69 Å². The summed E-state index contributed by atoms with van der Waals surface area (Å²) in [5.41, 5.74) is 2.21. The molecule has 2 aromatic rings. The monoisotopic (exact) mass is 463 g/mol. The summed E-state index contributed by atoms with van der Waals surface area (Å²) in [6.07, 6.45) is 1.94. The highest BCUT2D eigenvalue weighted by Gasteiger charge is 2.23. The van der Waals surface area contributed by atoms with E-state index in [0.717, 1.165) is 43.6 Å². The van der Waals surface area contributed by atoms with Crippen molar-refractivity contribution in [3.63, 3.8) is 0 Å². The molecule has 1 aliphatic heterocycles. The van der Waals surface area contributed by atoms with Crippen LogP contribution in [0.15, 0.2) is 47.4 Å². The fraction of sp³-hybridized carbons (Fsp3) is 0.364. The molecule has 166 valence electrons. The first-order valence-corrected chi connectivity index (χ1v) is 12.3. The Bertz CT molecular complexity index is 1070. The highest BCUT2D eigenvalue weighted by Crippen LogP contribution is 2.23. The van der Waals surface area contributed by atoms with Crippen molar-refractivity contribution < 1.29 is 18.0 Å². The molecule has 0 bridgehead atoms. The number of hydrogen-bond donors (Lipinski definition) is 1. The number of anilines is 1. The summed E-state index contributed by atoms with van der Waals surface area (Å²) in [5.74, 6) is -0.289. The van der Waals surface area contributed by atoms with Gasteiger partial charge in [0.25, 0.3) is 5.91 Å². The molecule has 0 aromatic heterocycles. The second-order valence-corrected chi connectivity index (χ2v) is 10.1. The molecule has 1 aliphatic rings. The Morgan fingerprint density at radius 3 is 2.35 bits per heavy atom. The zero-order valence-corrected chi connectivity index (χ0v) is 19.2. The Hall–Kier alpha value is -2.42. The van der Waals surface area contributed by atoms with Gasteiger partial charge in [0.2, 0.25) is 5.91 Å². The summed E-state index contributed by atoms with van der Waals surface area (Å²) in [6.45, 7) is 4.99. The smallest absolute Gasteiger partial charge is 0.255 e. The van der Waals surface area contributed by atoms with Gasteiger partial charge in [-0.3, -0.25) is 14.5 Å². The average Bonchev–Trinajstić information content (AvgIpc) is 2.93. The second kappa shape index (κ2) is 9.80. The van der Waals surface area contributed by atoms with Crippen LogP contribution in [0.5, 0.6) is 0 Å². The van der Waals surface area contributed by atoms with Crippen molar-refractivity contribution in [2.45, 2.75) is 24.8 Å². The number of amides is 2. The molecule has 1 heterocycles. The summed E-state index contributed by atoms with van der Waals surface area (Å²) >= 11 is 6.22. The molecule has 2 amide bonds. The first-order valence-electron chi connectivity index (χ1n) is 10.0. The van der Waals surface area contributed by atoms with Gasteiger partial charge in [-0.25, -0.2) is 8.42 Å². The predicted octanol–water partition coefficient (Wildman–Crippen LogP) is 3.05. The maximum Gasteiger partial charge on any atom is 0.255 e. The molecular weight excluding hydrogens is 438 g/mol. The molecule has 1 N–H and O–H groups in total. The van der Waals surface area contributed by atoms with Crippen LogP contribution in [-0.4, -0.2) is 62.5 Å². The number of sulfone groups is 1. The predicted molar refractivity (Wildman–Crippen MR) is 121 cm³/mol. The van der Waals surface area contributed by atoms with E-state index in [1.807, 2.05) is 24.3 Å². The fourth-order valence-electron chi connectivity index (χ4n) is 3.56. The van der Waals surface area contributed by atoms with E-state index in [1.54, 1.807) is 4.90 Å². The molecule has 31 heavy (non-hydrogen) atoms. The van der Waals surface area contributed by atoms with E-state index in [9.17, 15) is 18.0 Å². The van der Waals surface area contributed by atoms with Crippen LogP contribution in [0.1, 0.15) is 29.3 Å². The third-order valence-corrected chi connectivity index (χ3v) is 6.58. The van der Waals surface area contributed by atoms with E-state index in [2.05, 4.69) is 10.2 Å². The number of benzene rings is 2. The lowest BCUT2D eigenvalue weighted by molar-refractivity contribution is -0.114. The first kappa shape index (κ1) is 23.2. The van der Waals surface area contributed by atoms with Crippen molar-refractivity contribution in [3.05, 3.63) is 58.6 Å². The number of rotatable bonds is 5. The molecule has 0 unspecified atom stereocenters. The quantitative estimate of drug-likeness (QED) is 0.736. The minimum absolute atomic E-state index is 0.0978. The van der Waals surface area contributed by atoms with Crippen LogP contribution in [0.25, 0.3) is 0 Å². The number of nitrogens with zero attached hydrogens (tertiary/aromatic N) is 2. The number of carbonyl (C=O) groups is 2. The molecule has 0 saturated carbocycles. The van der Waals surface area contributed by atoms with Crippen molar-refractivity contribution in [2.24, 2.45) is 0 Å². The summed E-state index contributed by atoms with van der Waals surface area (Å²) in [6, 6.07) is 12.0. The summed E-state index contributed by atoms with van der Waals surface area (Å²) in [7, 11) is -3.38. The van der Waals surface area contributed by atoms with E-state index >= 15 is 0 Å². The Morgan fingerprint density at radius 2 is 1.74 bits per heavy atom. The maximum atomic E-state index is 13.0. The third-order valence-electron chi connectivity index (χ3n) is 5.16. The van der Waals surface area contributed by atoms with Gasteiger partial charge in [-0.2, -0.15) is 0 Å². The average molecular weight is 464 g/mol. The molecule has 3 rings (SSSR count). The van der Waals surface area contributed by atoms with E-state index < -0.39 is 9.84 Å². The number of halogens is 1. The highest BCUT2D eigenvalue weighted by molar-refractivity contribution is 7.90. The van der Waals surface area contributed by atoms with Crippen LogP contribution >= 0.6 is 11.6 Å². The van der Waals surface area contributed by atoms with E-state index in [0.29, 0.717) is 18.7 Å². The van der Waals surface area contributed by atoms with Crippen molar-refractivity contribution in [1.82, 2.24) is 9.80 Å². The van der Waals surface area contributed by atoms with Crippen LogP contribution in [0, 0.1) is 0 Å². The summed E-state index contributed by atoms with van der Waals surface area (Å²) in [5, 5.41) is 2.90. The second-order valence-electron chi connectivity index (χ2n) is 7.71. The van der Waals surface area contributed by atoms with E-state index in [4.69, 9.17) is 11.6 Å². The first-order chi connectivity index (χ1) is 14.6. The topological polar surface area (TPSA) is 86.8 Å². The molecule has 0 radical (unpaired) electrons. The molecule has 7 nitrogen and oxygen atoms in total. The van der Waals surface area contributed by atoms with Crippen molar-refractivity contribution >= 4 is 38.9 Å². The van der Waals surface area contributed by atoms with E-state index in [1.165, 1.54) is 25.1 Å². The van der Waals surface area contributed by atoms with Crippen molar-refractivity contribution in [2.75, 3.05) is 37.8 Å². The Labute approximate surface area is 187 Å². The Balaban J connectivity index is 1.62. The lowest BCUT2D eigenvalue weighted by Gasteiger charge is -2.22. The Kier molecular flexibility index (Phi) is 7.35. The molecule has 1 fully saturated rings. The molecule has 0 atom stereocenters. The molecule has 0 aliphatic carbocycles. The zero-order valence-electron chi connectivity index (χ0n) is 17.6. The minimum atomic E-state index is -3.38.